The number of carbonyl (C=O) groups excluding carboxylic acids is 2. The molecule has 1 aromatic rings. The van der Waals surface area contributed by atoms with Gasteiger partial charge in [-0.1, -0.05) is 32.0 Å². The minimum atomic E-state index is -0.893. The molecule has 0 N–H and O–H groups in total. The van der Waals surface area contributed by atoms with Gasteiger partial charge in [0.15, 0.2) is 0 Å². The van der Waals surface area contributed by atoms with Crippen LogP contribution in [0.2, 0.25) is 0 Å². The van der Waals surface area contributed by atoms with Crippen LogP contribution in [0.4, 0.5) is 4.79 Å². The zero-order chi connectivity index (χ0) is 14.8. The number of rotatable bonds is 7. The van der Waals surface area contributed by atoms with E-state index in [9.17, 15) is 9.59 Å². The smallest absolute Gasteiger partial charge is 0.425 e. The third-order valence-corrected chi connectivity index (χ3v) is 2.41. The number of carbonyl (C=O) groups is 2. The van der Waals surface area contributed by atoms with Crippen LogP contribution in [0.5, 0.6) is 5.75 Å². The number of esters is 1. The van der Waals surface area contributed by atoms with Gasteiger partial charge in [-0.3, -0.25) is 4.79 Å². The normalized spacial score (nSPS) is 11.5. The van der Waals surface area contributed by atoms with E-state index in [0.717, 1.165) is 6.42 Å². The summed E-state index contributed by atoms with van der Waals surface area (Å²) in [5.74, 6) is 0.00564. The largest absolute Gasteiger partial charge is 0.516 e. The Labute approximate surface area is 118 Å². The lowest BCUT2D eigenvalue weighted by atomic mass is 10.3. The van der Waals surface area contributed by atoms with Crippen molar-refractivity contribution in [3.05, 3.63) is 30.3 Å². The Hall–Kier alpha value is -2.04. The molecular weight excluding hydrogens is 260 g/mol. The van der Waals surface area contributed by atoms with Gasteiger partial charge in [-0.15, -0.1) is 0 Å². The highest BCUT2D eigenvalue weighted by molar-refractivity contribution is 5.70. The molecule has 1 rings (SSSR count). The van der Waals surface area contributed by atoms with Gasteiger partial charge in [-0.2, -0.15) is 0 Å². The average molecular weight is 280 g/mol. The molecule has 0 aliphatic rings. The molecule has 0 aromatic heterocycles. The third kappa shape index (κ3) is 6.22. The lowest BCUT2D eigenvalue weighted by Gasteiger charge is -2.17. The molecule has 0 saturated heterocycles. The van der Waals surface area contributed by atoms with Crippen LogP contribution in [-0.4, -0.2) is 18.4 Å². The molecule has 5 nitrogen and oxygen atoms in total. The molecule has 0 heterocycles. The molecule has 1 aromatic carbocycles. The van der Waals surface area contributed by atoms with Crippen molar-refractivity contribution >= 4 is 12.1 Å². The lowest BCUT2D eigenvalue weighted by molar-refractivity contribution is -0.170. The van der Waals surface area contributed by atoms with Crippen molar-refractivity contribution in [3.8, 4) is 5.75 Å². The average Bonchev–Trinajstić information content (AvgIpc) is 2.40. The van der Waals surface area contributed by atoms with Gasteiger partial charge >= 0.3 is 12.1 Å². The molecule has 0 aliphatic carbocycles. The van der Waals surface area contributed by atoms with Gasteiger partial charge in [-0.25, -0.2) is 4.79 Å². The fourth-order valence-corrected chi connectivity index (χ4v) is 1.50. The van der Waals surface area contributed by atoms with Crippen LogP contribution in [0, 0.1) is 0 Å². The maximum Gasteiger partial charge on any atom is 0.516 e. The van der Waals surface area contributed by atoms with E-state index >= 15 is 0 Å². The Morgan fingerprint density at radius 2 is 1.75 bits per heavy atom. The Kier molecular flexibility index (Phi) is 7.17. The van der Waals surface area contributed by atoms with E-state index in [0.29, 0.717) is 25.0 Å². The van der Waals surface area contributed by atoms with Gasteiger partial charge < -0.3 is 14.2 Å². The Morgan fingerprint density at radius 3 is 2.35 bits per heavy atom. The second kappa shape index (κ2) is 8.96. The topological polar surface area (TPSA) is 61.8 Å². The van der Waals surface area contributed by atoms with Crippen molar-refractivity contribution in [1.82, 2.24) is 0 Å². The molecule has 0 spiro atoms. The second-order valence-electron chi connectivity index (χ2n) is 4.24. The standard InChI is InChI=1S/C15H20O5/c1-3-8-13(16)19-14(9-4-2)20-15(17)18-12-10-6-5-7-11-12/h5-7,10-11,14H,3-4,8-9H2,1-2H3. The van der Waals surface area contributed by atoms with E-state index in [2.05, 4.69) is 0 Å². The first-order valence-electron chi connectivity index (χ1n) is 6.78. The van der Waals surface area contributed by atoms with Crippen molar-refractivity contribution in [3.63, 3.8) is 0 Å². The van der Waals surface area contributed by atoms with Crippen LogP contribution in [0.3, 0.4) is 0 Å². The summed E-state index contributed by atoms with van der Waals surface area (Å²) in [6.45, 7) is 3.78. The van der Waals surface area contributed by atoms with Crippen LogP contribution in [-0.2, 0) is 14.3 Å². The van der Waals surface area contributed by atoms with E-state index in [1.54, 1.807) is 24.3 Å². The summed E-state index contributed by atoms with van der Waals surface area (Å²) in [4.78, 5) is 23.0. The zero-order valence-electron chi connectivity index (χ0n) is 11.8. The molecule has 1 unspecified atom stereocenters. The van der Waals surface area contributed by atoms with Gasteiger partial charge in [0.2, 0.25) is 0 Å². The molecule has 5 heteroatoms. The van der Waals surface area contributed by atoms with Crippen molar-refractivity contribution in [2.45, 2.75) is 45.8 Å². The summed E-state index contributed by atoms with van der Waals surface area (Å²) in [6, 6.07) is 8.57. The third-order valence-electron chi connectivity index (χ3n) is 2.41. The molecule has 0 aliphatic heterocycles. The Morgan fingerprint density at radius 1 is 1.05 bits per heavy atom. The maximum absolute atomic E-state index is 11.6. The lowest BCUT2D eigenvalue weighted by Crippen LogP contribution is -2.26. The number of ether oxygens (including phenoxy) is 3. The van der Waals surface area contributed by atoms with Crippen molar-refractivity contribution < 1.29 is 23.8 Å². The monoisotopic (exact) mass is 280 g/mol. The maximum atomic E-state index is 11.6. The summed E-state index contributed by atoms with van der Waals surface area (Å²) in [6.07, 6.45) is 0.389. The first-order chi connectivity index (χ1) is 9.65. The number of hydrogen-bond donors (Lipinski definition) is 0. The minimum absolute atomic E-state index is 0.303. The molecule has 0 amide bonds. The highest BCUT2D eigenvalue weighted by atomic mass is 16.8. The van der Waals surface area contributed by atoms with E-state index in [1.807, 2.05) is 19.9 Å². The summed E-state index contributed by atoms with van der Waals surface area (Å²) >= 11 is 0. The highest BCUT2D eigenvalue weighted by Gasteiger charge is 2.19. The molecule has 0 fully saturated rings. The van der Waals surface area contributed by atoms with Crippen LogP contribution in [0.15, 0.2) is 30.3 Å². The predicted octanol–water partition coefficient (Wildman–Crippen LogP) is 3.67. The summed E-state index contributed by atoms with van der Waals surface area (Å²) in [5.41, 5.74) is 0. The molecule has 110 valence electrons. The quantitative estimate of drug-likeness (QED) is 0.433. The molecule has 0 saturated carbocycles. The minimum Gasteiger partial charge on any atom is -0.425 e. The number of para-hydroxylation sites is 1. The fourth-order valence-electron chi connectivity index (χ4n) is 1.50. The van der Waals surface area contributed by atoms with Gasteiger partial charge in [0.1, 0.15) is 5.75 Å². The van der Waals surface area contributed by atoms with Gasteiger partial charge in [0.05, 0.1) is 0 Å². The highest BCUT2D eigenvalue weighted by Crippen LogP contribution is 2.12. The van der Waals surface area contributed by atoms with E-state index in [4.69, 9.17) is 14.2 Å². The van der Waals surface area contributed by atoms with Crippen molar-refractivity contribution in [2.24, 2.45) is 0 Å². The number of benzene rings is 1. The molecule has 20 heavy (non-hydrogen) atoms. The van der Waals surface area contributed by atoms with Crippen molar-refractivity contribution in [1.29, 1.82) is 0 Å². The molecular formula is C15H20O5. The summed E-state index contributed by atoms with van der Waals surface area (Å²) in [5, 5.41) is 0. The molecule has 0 radical (unpaired) electrons. The van der Waals surface area contributed by atoms with E-state index in [-0.39, 0.29) is 5.97 Å². The van der Waals surface area contributed by atoms with E-state index in [1.165, 1.54) is 0 Å². The summed E-state index contributed by atoms with van der Waals surface area (Å²) in [7, 11) is 0. The first kappa shape index (κ1) is 16.0. The van der Waals surface area contributed by atoms with Gasteiger partial charge in [-0.05, 0) is 25.0 Å². The molecule has 1 atom stereocenters. The van der Waals surface area contributed by atoms with Gasteiger partial charge in [0, 0.05) is 12.8 Å². The van der Waals surface area contributed by atoms with E-state index < -0.39 is 12.4 Å². The fraction of sp³-hybridized carbons (Fsp3) is 0.467. The Balaban J connectivity index is 2.48. The van der Waals surface area contributed by atoms with Crippen LogP contribution < -0.4 is 4.74 Å². The zero-order valence-corrected chi connectivity index (χ0v) is 11.8. The van der Waals surface area contributed by atoms with Crippen molar-refractivity contribution in [2.75, 3.05) is 0 Å². The molecule has 0 bridgehead atoms. The SMILES string of the molecule is CCCC(=O)OC(CCC)OC(=O)Oc1ccccc1. The predicted molar refractivity (Wildman–Crippen MR) is 73.2 cm³/mol. The first-order valence-corrected chi connectivity index (χ1v) is 6.78. The van der Waals surface area contributed by atoms with Crippen LogP contribution in [0.25, 0.3) is 0 Å². The number of hydrogen-bond acceptors (Lipinski definition) is 5. The van der Waals surface area contributed by atoms with Crippen LogP contribution in [0.1, 0.15) is 39.5 Å². The summed E-state index contributed by atoms with van der Waals surface area (Å²) < 4.78 is 15.1. The van der Waals surface area contributed by atoms with Gasteiger partial charge in [0.25, 0.3) is 6.29 Å². The second-order valence-corrected chi connectivity index (χ2v) is 4.24. The Bertz CT molecular complexity index is 416. The van der Waals surface area contributed by atoms with Crippen LogP contribution >= 0.6 is 0 Å².